The molecule has 146 valence electrons. The number of thioether (sulfide) groups is 1. The highest BCUT2D eigenvalue weighted by molar-refractivity contribution is 7.99. The summed E-state index contributed by atoms with van der Waals surface area (Å²) in [4.78, 5) is 25.8. The molecule has 0 radical (unpaired) electrons. The summed E-state index contributed by atoms with van der Waals surface area (Å²) >= 11 is 1.54. The van der Waals surface area contributed by atoms with Gasteiger partial charge in [-0.15, -0.1) is 0 Å². The number of imidazole rings is 1. The highest BCUT2D eigenvalue weighted by Crippen LogP contribution is 2.24. The Hall–Kier alpha value is -2.38. The van der Waals surface area contributed by atoms with Crippen molar-refractivity contribution in [1.29, 1.82) is 0 Å². The number of benzene rings is 1. The average Bonchev–Trinajstić information content (AvgIpc) is 3.11. The molecule has 0 bridgehead atoms. The lowest BCUT2D eigenvalue weighted by molar-refractivity contribution is -0.130. The van der Waals surface area contributed by atoms with E-state index in [2.05, 4.69) is 27.4 Å². The Labute approximate surface area is 169 Å². The van der Waals surface area contributed by atoms with Crippen molar-refractivity contribution in [1.82, 2.24) is 24.3 Å². The van der Waals surface area contributed by atoms with Crippen LogP contribution in [-0.4, -0.2) is 62.2 Å². The molecule has 1 aliphatic heterocycles. The van der Waals surface area contributed by atoms with Crippen LogP contribution in [0, 0.1) is 0 Å². The van der Waals surface area contributed by atoms with E-state index >= 15 is 0 Å². The molecule has 1 aromatic carbocycles. The summed E-state index contributed by atoms with van der Waals surface area (Å²) in [6.07, 6.45) is 3.66. The van der Waals surface area contributed by atoms with Crippen LogP contribution in [0.3, 0.4) is 0 Å². The van der Waals surface area contributed by atoms with Crippen molar-refractivity contribution in [2.75, 3.05) is 31.9 Å². The Bertz CT molecular complexity index is 934. The van der Waals surface area contributed by atoms with E-state index in [0.717, 1.165) is 55.5 Å². The second-order valence-electron chi connectivity index (χ2n) is 6.93. The number of para-hydroxylation sites is 2. The second kappa shape index (κ2) is 8.75. The van der Waals surface area contributed by atoms with Gasteiger partial charge in [0.2, 0.25) is 5.91 Å². The molecule has 1 amide bonds. The molecule has 3 heterocycles. The van der Waals surface area contributed by atoms with Gasteiger partial charge in [-0.2, -0.15) is 0 Å². The predicted octanol–water partition coefficient (Wildman–Crippen LogP) is 2.89. The Morgan fingerprint density at radius 1 is 1.07 bits per heavy atom. The number of rotatable bonds is 6. The van der Waals surface area contributed by atoms with Crippen LogP contribution in [0.5, 0.6) is 0 Å². The molecular weight excluding hydrogens is 370 g/mol. The van der Waals surface area contributed by atoms with E-state index in [4.69, 9.17) is 4.98 Å². The standard InChI is InChI=1S/C21H25N5OS/c1-2-26-19-6-4-3-5-18(19)23-21(26)28-16-20(27)25-13-11-24(12-14-25)15-17-7-9-22-10-8-17/h3-10H,2,11-16H2,1H3. The Morgan fingerprint density at radius 3 is 2.57 bits per heavy atom. The van der Waals surface area contributed by atoms with Gasteiger partial charge in [0.25, 0.3) is 0 Å². The first kappa shape index (κ1) is 19.0. The van der Waals surface area contributed by atoms with Gasteiger partial charge < -0.3 is 9.47 Å². The summed E-state index contributed by atoms with van der Waals surface area (Å²) in [6.45, 7) is 7.27. The monoisotopic (exact) mass is 395 g/mol. The minimum atomic E-state index is 0.197. The molecule has 2 aromatic heterocycles. The molecule has 0 N–H and O–H groups in total. The maximum atomic E-state index is 12.7. The maximum Gasteiger partial charge on any atom is 0.233 e. The zero-order valence-electron chi connectivity index (χ0n) is 16.1. The van der Waals surface area contributed by atoms with Gasteiger partial charge in [0.1, 0.15) is 0 Å². The summed E-state index contributed by atoms with van der Waals surface area (Å²) < 4.78 is 2.18. The SMILES string of the molecule is CCn1c(SCC(=O)N2CCN(Cc3ccncc3)CC2)nc2ccccc21. The topological polar surface area (TPSA) is 54.3 Å². The third-order valence-electron chi connectivity index (χ3n) is 5.14. The van der Waals surface area contributed by atoms with Crippen LogP contribution in [0.2, 0.25) is 0 Å². The molecule has 0 aliphatic carbocycles. The summed E-state index contributed by atoms with van der Waals surface area (Å²) in [5.41, 5.74) is 3.39. The number of fused-ring (bicyclic) bond motifs is 1. The molecule has 28 heavy (non-hydrogen) atoms. The summed E-state index contributed by atoms with van der Waals surface area (Å²) in [6, 6.07) is 12.2. The van der Waals surface area contributed by atoms with Crippen LogP contribution in [0.4, 0.5) is 0 Å². The van der Waals surface area contributed by atoms with Crippen molar-refractivity contribution in [3.8, 4) is 0 Å². The molecule has 6 nitrogen and oxygen atoms in total. The van der Waals surface area contributed by atoms with Crippen LogP contribution in [0.15, 0.2) is 53.9 Å². The quantitative estimate of drug-likeness (QED) is 0.601. The van der Waals surface area contributed by atoms with Crippen LogP contribution >= 0.6 is 11.8 Å². The third kappa shape index (κ3) is 4.20. The molecule has 3 aromatic rings. The minimum Gasteiger partial charge on any atom is -0.339 e. The molecule has 0 unspecified atom stereocenters. The number of piperazine rings is 1. The van der Waals surface area contributed by atoms with Gasteiger partial charge in [0.05, 0.1) is 16.8 Å². The number of hydrogen-bond donors (Lipinski definition) is 0. The number of amides is 1. The molecule has 0 spiro atoms. The minimum absolute atomic E-state index is 0.197. The molecule has 1 aliphatic rings. The molecule has 0 saturated carbocycles. The van der Waals surface area contributed by atoms with Crippen molar-refractivity contribution >= 4 is 28.7 Å². The van der Waals surface area contributed by atoms with E-state index in [1.807, 2.05) is 47.6 Å². The van der Waals surface area contributed by atoms with E-state index in [9.17, 15) is 4.79 Å². The van der Waals surface area contributed by atoms with Crippen LogP contribution in [0.1, 0.15) is 12.5 Å². The van der Waals surface area contributed by atoms with Gasteiger partial charge in [-0.3, -0.25) is 14.7 Å². The maximum absolute atomic E-state index is 12.7. The Balaban J connectivity index is 1.30. The molecule has 4 rings (SSSR count). The predicted molar refractivity (Wildman–Crippen MR) is 112 cm³/mol. The summed E-state index contributed by atoms with van der Waals surface area (Å²) in [7, 11) is 0. The first-order chi connectivity index (χ1) is 13.7. The largest absolute Gasteiger partial charge is 0.339 e. The van der Waals surface area contributed by atoms with E-state index < -0.39 is 0 Å². The van der Waals surface area contributed by atoms with Crippen molar-refractivity contribution in [2.45, 2.75) is 25.2 Å². The Morgan fingerprint density at radius 2 is 1.82 bits per heavy atom. The van der Waals surface area contributed by atoms with Gasteiger partial charge in [-0.1, -0.05) is 23.9 Å². The van der Waals surface area contributed by atoms with Crippen molar-refractivity contribution in [3.05, 3.63) is 54.4 Å². The average molecular weight is 396 g/mol. The van der Waals surface area contributed by atoms with Crippen LogP contribution in [-0.2, 0) is 17.9 Å². The first-order valence-electron chi connectivity index (χ1n) is 9.71. The number of hydrogen-bond acceptors (Lipinski definition) is 5. The number of aromatic nitrogens is 3. The lowest BCUT2D eigenvalue weighted by Crippen LogP contribution is -2.48. The lowest BCUT2D eigenvalue weighted by Gasteiger charge is -2.34. The van der Waals surface area contributed by atoms with Crippen molar-refractivity contribution in [3.63, 3.8) is 0 Å². The number of carbonyl (C=O) groups is 1. The van der Waals surface area contributed by atoms with E-state index in [-0.39, 0.29) is 5.91 Å². The third-order valence-corrected chi connectivity index (χ3v) is 6.10. The molecule has 1 fully saturated rings. The van der Waals surface area contributed by atoms with E-state index in [1.165, 1.54) is 5.56 Å². The Kier molecular flexibility index (Phi) is 5.92. The number of nitrogens with zero attached hydrogens (tertiary/aromatic N) is 5. The highest BCUT2D eigenvalue weighted by Gasteiger charge is 2.22. The smallest absolute Gasteiger partial charge is 0.233 e. The van der Waals surface area contributed by atoms with Gasteiger partial charge in [0.15, 0.2) is 5.16 Å². The second-order valence-corrected chi connectivity index (χ2v) is 7.87. The molecule has 7 heteroatoms. The molecule has 1 saturated heterocycles. The first-order valence-corrected chi connectivity index (χ1v) is 10.7. The summed E-state index contributed by atoms with van der Waals surface area (Å²) in [5.74, 6) is 0.636. The molecular formula is C21H25N5OS. The zero-order valence-corrected chi connectivity index (χ0v) is 16.9. The summed E-state index contributed by atoms with van der Waals surface area (Å²) in [5, 5.41) is 0.924. The lowest BCUT2D eigenvalue weighted by atomic mass is 10.2. The van der Waals surface area contributed by atoms with Crippen molar-refractivity contribution in [2.24, 2.45) is 0 Å². The zero-order chi connectivity index (χ0) is 19.3. The number of pyridine rings is 1. The van der Waals surface area contributed by atoms with E-state index in [0.29, 0.717) is 5.75 Å². The fraction of sp³-hybridized carbons (Fsp3) is 0.381. The van der Waals surface area contributed by atoms with Gasteiger partial charge in [-0.05, 0) is 36.8 Å². The normalized spacial score (nSPS) is 15.2. The molecule has 0 atom stereocenters. The van der Waals surface area contributed by atoms with Gasteiger partial charge >= 0.3 is 0 Å². The fourth-order valence-corrected chi connectivity index (χ4v) is 4.57. The van der Waals surface area contributed by atoms with Crippen molar-refractivity contribution < 1.29 is 4.79 Å². The van der Waals surface area contributed by atoms with Crippen LogP contribution in [0.25, 0.3) is 11.0 Å². The van der Waals surface area contributed by atoms with Gasteiger partial charge in [0, 0.05) is 51.7 Å². The fourth-order valence-electron chi connectivity index (χ4n) is 3.59. The van der Waals surface area contributed by atoms with E-state index in [1.54, 1.807) is 11.8 Å². The van der Waals surface area contributed by atoms with Gasteiger partial charge in [-0.25, -0.2) is 4.98 Å². The highest BCUT2D eigenvalue weighted by atomic mass is 32.2. The van der Waals surface area contributed by atoms with Crippen LogP contribution < -0.4 is 0 Å². The number of aryl methyl sites for hydroxylation is 1. The number of carbonyl (C=O) groups excluding carboxylic acids is 1.